The number of hydrogen-bond donors (Lipinski definition) is 1. The number of benzene rings is 5. The number of aliphatic hydroxyl groups is 1. The Balaban J connectivity index is 0.000000179. The van der Waals surface area contributed by atoms with Crippen molar-refractivity contribution < 1.29 is 95.1 Å². The molecule has 7 nitrogen and oxygen atoms in total. The number of pyridine rings is 4. The van der Waals surface area contributed by atoms with Gasteiger partial charge in [-0.1, -0.05) is 172 Å². The molecular formula is C72H52Ir4N4O3S5-4. The van der Waals surface area contributed by atoms with E-state index in [9.17, 15) is 4.79 Å². The van der Waals surface area contributed by atoms with Crippen molar-refractivity contribution in [2.45, 2.75) is 13.8 Å². The average Bonchev–Trinajstić information content (AvgIpc) is 4.32. The van der Waals surface area contributed by atoms with Crippen molar-refractivity contribution in [2.24, 2.45) is 0 Å². The third-order valence-electron chi connectivity index (χ3n) is 12.4. The molecule has 0 fully saturated rings. The van der Waals surface area contributed by atoms with Crippen LogP contribution in [-0.2, 0) is 85.2 Å². The average molecular weight is 1950 g/mol. The minimum Gasteiger partial charge on any atom is -0.512 e. The van der Waals surface area contributed by atoms with E-state index in [0.29, 0.717) is 0 Å². The van der Waals surface area contributed by atoms with Crippen molar-refractivity contribution >= 4 is 82.6 Å². The summed E-state index contributed by atoms with van der Waals surface area (Å²) >= 11 is 8.56. The van der Waals surface area contributed by atoms with Crippen molar-refractivity contribution in [3.8, 4) is 91.2 Å². The molecule has 1 N–H and O–H groups in total. The predicted octanol–water partition coefficient (Wildman–Crippen LogP) is 20.5. The fraction of sp³-hybridized carbons (Fsp3) is 0.0417. The molecule has 4 radical (unpaired) electrons. The minimum atomic E-state index is -0.125. The summed E-state index contributed by atoms with van der Waals surface area (Å²) in [7, 11) is 1.67. The summed E-state index contributed by atoms with van der Waals surface area (Å²) in [6, 6.07) is 85.2. The topological polar surface area (TPSA) is 98.1 Å². The number of aromatic nitrogens is 4. The molecule has 448 valence electrons. The fourth-order valence-electron chi connectivity index (χ4n) is 8.34. The largest absolute Gasteiger partial charge is 0.512 e. The number of aliphatic hydroxyl groups excluding tert-OH is 1. The second-order valence-corrected chi connectivity index (χ2v) is 23.4. The number of thiophene rings is 5. The molecule has 0 atom stereocenters. The number of ether oxygens (including phenoxy) is 1. The Kier molecular flexibility index (Phi) is 28.9. The Hall–Kier alpha value is -6.67. The first-order chi connectivity index (χ1) is 41.2. The zero-order valence-electron chi connectivity index (χ0n) is 47.2. The standard InChI is InChI=1S/2C19H12NS.C16H12NOS.C13H8NS2.C5H8O2.4Ir/c2*1-2-6-14(7-3-1)16-10-11-17(20-13-16)19-12-15-8-4-5-9-18(15)21-19;1-18-13-7-5-12(6-8-13)15-9-10-16(19-15)14-4-2-3-11-17-14;1-3-12(15-7-1)10-5-6-11(14-9-10)13-4-2-8-16-13;1-4(6)3-5(2)7;;;;/h2*1-11,13H;2-9,11H,1H3;1-3,5-9H;3,6H,1-2H3;;;;/q4*-1;;;;;. The molecule has 0 aliphatic carbocycles. The predicted molar refractivity (Wildman–Crippen MR) is 354 cm³/mol. The second-order valence-electron chi connectivity index (χ2n) is 18.4. The molecule has 0 aliphatic rings. The van der Waals surface area contributed by atoms with Crippen molar-refractivity contribution in [2.75, 3.05) is 7.11 Å². The van der Waals surface area contributed by atoms with Gasteiger partial charge in [-0.3, -0.25) is 4.79 Å². The van der Waals surface area contributed by atoms with Crippen LogP contribution in [0.3, 0.4) is 0 Å². The van der Waals surface area contributed by atoms with Crippen LogP contribution in [0, 0.1) is 24.3 Å². The Morgan fingerprint density at radius 3 is 1.38 bits per heavy atom. The van der Waals surface area contributed by atoms with Gasteiger partial charge in [0.15, 0.2) is 5.78 Å². The van der Waals surface area contributed by atoms with Gasteiger partial charge in [-0.2, -0.15) is 24.3 Å². The minimum absolute atomic E-state index is 0. The molecule has 88 heavy (non-hydrogen) atoms. The maximum atomic E-state index is 10.0. The SMILES string of the molecule is CC(=O)C=C(C)O.COc1ccc(-c2c[c-]c(-c3ccccn3)s2)cc1.[Ir].[Ir].[Ir].[Ir].[c-]1c(-c2ccc(-c3ccccc3)cn2)sc2ccccc12.[c-]1c(-c2ccc(-c3ccccc3)cn2)sc2ccccc12.[c-]1ccsc1-c1ccc(-c2cccs2)cn1. The third kappa shape index (κ3) is 19.9. The Labute approximate surface area is 587 Å². The van der Waals surface area contributed by atoms with Gasteiger partial charge in [-0.05, 0) is 96.3 Å². The molecular weight excluding hydrogens is 1900 g/mol. The van der Waals surface area contributed by atoms with E-state index in [-0.39, 0.29) is 92.0 Å². The smallest absolute Gasteiger partial charge is 0.155 e. The van der Waals surface area contributed by atoms with Crippen LogP contribution in [0.25, 0.3) is 106 Å². The van der Waals surface area contributed by atoms with Gasteiger partial charge in [0.1, 0.15) is 5.75 Å². The first-order valence-corrected chi connectivity index (χ1v) is 30.7. The van der Waals surface area contributed by atoms with E-state index in [1.165, 1.54) is 61.3 Å². The molecule has 9 heterocycles. The van der Waals surface area contributed by atoms with Gasteiger partial charge < -0.3 is 29.8 Å². The normalized spacial score (nSPS) is 10.2. The molecule has 16 heteroatoms. The van der Waals surface area contributed by atoms with Gasteiger partial charge in [-0.15, -0.1) is 63.9 Å². The first-order valence-electron chi connectivity index (χ1n) is 26.5. The molecule has 0 saturated heterocycles. The number of carbonyl (C=O) groups is 1. The van der Waals surface area contributed by atoms with Gasteiger partial charge in [0, 0.05) is 133 Å². The molecule has 0 aliphatic heterocycles. The van der Waals surface area contributed by atoms with E-state index >= 15 is 0 Å². The van der Waals surface area contributed by atoms with Crippen molar-refractivity contribution in [3.05, 3.63) is 284 Å². The Morgan fingerprint density at radius 1 is 0.443 bits per heavy atom. The molecule has 0 unspecified atom stereocenters. The van der Waals surface area contributed by atoms with Crippen molar-refractivity contribution in [1.29, 1.82) is 0 Å². The van der Waals surface area contributed by atoms with Crippen LogP contribution in [0.2, 0.25) is 0 Å². The zero-order chi connectivity index (χ0) is 57.9. The van der Waals surface area contributed by atoms with Crippen LogP contribution in [0.15, 0.2) is 260 Å². The van der Waals surface area contributed by atoms with Crippen molar-refractivity contribution in [3.63, 3.8) is 0 Å². The Morgan fingerprint density at radius 2 is 0.943 bits per heavy atom. The van der Waals surface area contributed by atoms with Crippen molar-refractivity contribution in [1.82, 2.24) is 19.9 Å². The zero-order valence-corrected chi connectivity index (χ0v) is 60.8. The summed E-state index contributed by atoms with van der Waals surface area (Å²) in [5.74, 6) is 0.807. The number of carbonyl (C=O) groups excluding carboxylic acids is 1. The van der Waals surface area contributed by atoms with Gasteiger partial charge in [0.25, 0.3) is 0 Å². The van der Waals surface area contributed by atoms with Crippen LogP contribution in [0.4, 0.5) is 0 Å². The van der Waals surface area contributed by atoms with Crippen LogP contribution < -0.4 is 4.74 Å². The molecule has 14 rings (SSSR count). The van der Waals surface area contributed by atoms with Crippen LogP contribution >= 0.6 is 56.7 Å². The van der Waals surface area contributed by atoms with Crippen LogP contribution in [0.1, 0.15) is 13.8 Å². The molecule has 0 spiro atoms. The number of nitrogens with zero attached hydrogens (tertiary/aromatic N) is 4. The van der Waals surface area contributed by atoms with Gasteiger partial charge in [0.05, 0.1) is 12.9 Å². The fourth-order valence-corrected chi connectivity index (χ4v) is 12.6. The molecule has 0 amide bonds. The van der Waals surface area contributed by atoms with E-state index in [2.05, 4.69) is 171 Å². The summed E-state index contributed by atoms with van der Waals surface area (Å²) in [6.07, 6.45) is 8.76. The summed E-state index contributed by atoms with van der Waals surface area (Å²) < 4.78 is 7.67. The monoisotopic (exact) mass is 1950 g/mol. The molecule has 9 aromatic heterocycles. The molecule has 0 bridgehead atoms. The quantitative estimate of drug-likeness (QED) is 0.0827. The summed E-state index contributed by atoms with van der Waals surface area (Å²) in [5.41, 5.74) is 10.9. The second kappa shape index (κ2) is 36.1. The number of allylic oxidation sites excluding steroid dienone is 2. The maximum Gasteiger partial charge on any atom is 0.155 e. The summed E-state index contributed by atoms with van der Waals surface area (Å²) in [5, 5.41) is 14.8. The van der Waals surface area contributed by atoms with E-state index < -0.39 is 0 Å². The van der Waals surface area contributed by atoms with E-state index in [1.807, 2.05) is 115 Å². The summed E-state index contributed by atoms with van der Waals surface area (Å²) in [4.78, 5) is 34.8. The van der Waals surface area contributed by atoms with Gasteiger partial charge in [0.2, 0.25) is 0 Å². The number of hydrogen-bond acceptors (Lipinski definition) is 12. The first kappa shape index (κ1) is 70.4. The molecule has 14 aromatic rings. The number of ketones is 1. The van der Waals surface area contributed by atoms with E-state index in [0.717, 1.165) is 69.9 Å². The van der Waals surface area contributed by atoms with E-state index in [4.69, 9.17) is 9.84 Å². The third-order valence-corrected chi connectivity index (χ3v) is 17.4. The van der Waals surface area contributed by atoms with Gasteiger partial charge in [-0.25, -0.2) is 45.3 Å². The van der Waals surface area contributed by atoms with Gasteiger partial charge >= 0.3 is 0 Å². The number of methoxy groups -OCH3 is 1. The maximum absolute atomic E-state index is 10.0. The van der Waals surface area contributed by atoms with Crippen LogP contribution in [0.5, 0.6) is 5.75 Å². The number of fused-ring (bicyclic) bond motifs is 2. The molecule has 5 aromatic carbocycles. The summed E-state index contributed by atoms with van der Waals surface area (Å²) in [6.45, 7) is 2.85. The van der Waals surface area contributed by atoms with E-state index in [1.54, 1.807) is 70.0 Å². The Bertz CT molecular complexity index is 4040. The molecule has 0 saturated carbocycles. The van der Waals surface area contributed by atoms with Crippen LogP contribution in [-0.4, -0.2) is 37.9 Å². The number of rotatable bonds is 10.